The van der Waals surface area contributed by atoms with Crippen LogP contribution in [-0.2, 0) is 4.74 Å². The Morgan fingerprint density at radius 2 is 2.24 bits per heavy atom. The minimum Gasteiger partial charge on any atom is -0.394 e. The number of hydrogen-bond donors (Lipinski definition) is 2. The number of ether oxygens (including phenoxy) is 1. The van der Waals surface area contributed by atoms with Crippen LogP contribution in [0.3, 0.4) is 0 Å². The first kappa shape index (κ1) is 11.0. The van der Waals surface area contributed by atoms with Crippen LogP contribution in [0.1, 0.15) is 25.0 Å². The van der Waals surface area contributed by atoms with Gasteiger partial charge in [0.05, 0.1) is 29.6 Å². The van der Waals surface area contributed by atoms with Gasteiger partial charge in [-0.05, 0) is 37.8 Å². The summed E-state index contributed by atoms with van der Waals surface area (Å²) in [5.41, 5.74) is 7.21. The summed E-state index contributed by atoms with van der Waals surface area (Å²) in [5.74, 6) is 0.628. The minimum atomic E-state index is 0.225. The third-order valence-electron chi connectivity index (χ3n) is 3.54. The number of nitrogens with zero attached hydrogens (tertiary/aromatic N) is 2. The molecule has 3 rings (SSSR count). The Morgan fingerprint density at radius 3 is 2.88 bits per heavy atom. The van der Waals surface area contributed by atoms with Crippen molar-refractivity contribution in [3.63, 3.8) is 0 Å². The van der Waals surface area contributed by atoms with E-state index in [0.717, 1.165) is 12.8 Å². The molecule has 1 aromatic rings. The summed E-state index contributed by atoms with van der Waals surface area (Å²) < 4.78 is 5.78. The van der Waals surface area contributed by atoms with E-state index < -0.39 is 0 Å². The van der Waals surface area contributed by atoms with Crippen molar-refractivity contribution in [3.8, 4) is 0 Å². The van der Waals surface area contributed by atoms with Crippen LogP contribution in [0.25, 0.3) is 0 Å². The average molecular weight is 255 g/mol. The Morgan fingerprint density at radius 1 is 1.41 bits per heavy atom. The van der Waals surface area contributed by atoms with E-state index in [1.165, 1.54) is 6.42 Å². The summed E-state index contributed by atoms with van der Waals surface area (Å²) in [5, 5.41) is 3.56. The van der Waals surface area contributed by atoms with Crippen molar-refractivity contribution in [1.82, 2.24) is 9.97 Å². The van der Waals surface area contributed by atoms with Gasteiger partial charge in [0.1, 0.15) is 0 Å². The highest BCUT2D eigenvalue weighted by atomic mass is 35.5. The quantitative estimate of drug-likeness (QED) is 0.787. The summed E-state index contributed by atoms with van der Waals surface area (Å²) >= 11 is 5.84. The second kappa shape index (κ2) is 3.99. The molecule has 2 fully saturated rings. The molecule has 5 nitrogen and oxygen atoms in total. The number of nitrogens with two attached hydrogens (primary N) is 1. The number of anilines is 2. The van der Waals surface area contributed by atoms with Gasteiger partial charge in [-0.2, -0.15) is 4.98 Å². The summed E-state index contributed by atoms with van der Waals surface area (Å²) in [7, 11) is 0. The van der Waals surface area contributed by atoms with Gasteiger partial charge in [0.25, 0.3) is 0 Å². The minimum absolute atomic E-state index is 0.225. The number of aryl methyl sites for hydroxylation is 1. The van der Waals surface area contributed by atoms with E-state index in [2.05, 4.69) is 15.3 Å². The molecule has 3 N–H and O–H groups in total. The standard InChI is InChI=1S/C11H15ClN4O/c1-5-9(13)10(16-11(12)14-5)15-7-4-6-2-3-8(7)17-6/h6-8H,2-4,13H2,1H3,(H,14,15,16). The van der Waals surface area contributed by atoms with Crippen LogP contribution in [-0.4, -0.2) is 28.2 Å². The van der Waals surface area contributed by atoms with Crippen molar-refractivity contribution in [1.29, 1.82) is 0 Å². The van der Waals surface area contributed by atoms with Gasteiger partial charge in [-0.25, -0.2) is 4.98 Å². The van der Waals surface area contributed by atoms with Crippen LogP contribution in [0.5, 0.6) is 0 Å². The van der Waals surface area contributed by atoms with Gasteiger partial charge < -0.3 is 15.8 Å². The molecule has 6 heteroatoms. The zero-order valence-corrected chi connectivity index (χ0v) is 10.4. The predicted octanol–water partition coefficient (Wildman–Crippen LogP) is 1.75. The largest absolute Gasteiger partial charge is 0.394 e. The molecule has 0 amide bonds. The number of fused-ring (bicyclic) bond motifs is 2. The third kappa shape index (κ3) is 1.93. The van der Waals surface area contributed by atoms with Gasteiger partial charge in [-0.3, -0.25) is 0 Å². The molecule has 92 valence electrons. The lowest BCUT2D eigenvalue weighted by atomic mass is 9.95. The smallest absolute Gasteiger partial charge is 0.224 e. The molecule has 0 saturated carbocycles. The molecule has 0 aliphatic carbocycles. The number of hydrogen-bond acceptors (Lipinski definition) is 5. The maximum absolute atomic E-state index is 5.94. The van der Waals surface area contributed by atoms with Crippen LogP contribution < -0.4 is 11.1 Å². The van der Waals surface area contributed by atoms with Gasteiger partial charge in [0, 0.05) is 0 Å². The van der Waals surface area contributed by atoms with Crippen molar-refractivity contribution >= 4 is 23.1 Å². The van der Waals surface area contributed by atoms with Crippen LogP contribution in [0, 0.1) is 6.92 Å². The highest BCUT2D eigenvalue weighted by Gasteiger charge is 2.41. The molecule has 0 spiro atoms. The Bertz CT molecular complexity index is 453. The maximum Gasteiger partial charge on any atom is 0.224 e. The van der Waals surface area contributed by atoms with E-state index in [1.54, 1.807) is 0 Å². The van der Waals surface area contributed by atoms with Crippen molar-refractivity contribution in [2.24, 2.45) is 0 Å². The molecule has 17 heavy (non-hydrogen) atoms. The summed E-state index contributed by atoms with van der Waals surface area (Å²) in [6.45, 7) is 1.82. The first-order chi connectivity index (χ1) is 8.13. The normalized spacial score (nSPS) is 30.8. The maximum atomic E-state index is 5.94. The highest BCUT2D eigenvalue weighted by molar-refractivity contribution is 6.28. The molecule has 3 heterocycles. The van der Waals surface area contributed by atoms with Gasteiger partial charge in [0.2, 0.25) is 5.28 Å². The lowest BCUT2D eigenvalue weighted by molar-refractivity contribution is 0.102. The molecule has 0 radical (unpaired) electrons. The molecule has 3 atom stereocenters. The summed E-state index contributed by atoms with van der Waals surface area (Å²) in [6.07, 6.45) is 3.98. The summed E-state index contributed by atoms with van der Waals surface area (Å²) in [4.78, 5) is 8.16. The lowest BCUT2D eigenvalue weighted by Crippen LogP contribution is -2.31. The number of nitrogen functional groups attached to an aromatic ring is 1. The van der Waals surface area contributed by atoms with E-state index in [0.29, 0.717) is 29.3 Å². The molecular formula is C11H15ClN4O. The first-order valence-corrected chi connectivity index (χ1v) is 6.23. The van der Waals surface area contributed by atoms with Gasteiger partial charge in [-0.1, -0.05) is 0 Å². The fourth-order valence-corrected chi connectivity index (χ4v) is 2.83. The van der Waals surface area contributed by atoms with Crippen molar-refractivity contribution in [3.05, 3.63) is 11.0 Å². The first-order valence-electron chi connectivity index (χ1n) is 5.85. The lowest BCUT2D eigenvalue weighted by Gasteiger charge is -2.21. The predicted molar refractivity (Wildman–Crippen MR) is 66.1 cm³/mol. The molecule has 3 unspecified atom stereocenters. The van der Waals surface area contributed by atoms with Crippen LogP contribution >= 0.6 is 11.6 Å². The number of nitrogens with one attached hydrogen (secondary N) is 1. The van der Waals surface area contributed by atoms with Crippen molar-refractivity contribution < 1.29 is 4.74 Å². The SMILES string of the molecule is Cc1nc(Cl)nc(NC2CC3CCC2O3)c1N. The van der Waals surface area contributed by atoms with E-state index >= 15 is 0 Å². The second-order valence-electron chi connectivity index (χ2n) is 4.70. The molecule has 2 aliphatic rings. The monoisotopic (exact) mass is 254 g/mol. The summed E-state index contributed by atoms with van der Waals surface area (Å²) in [6, 6.07) is 0.293. The Kier molecular flexibility index (Phi) is 2.60. The van der Waals surface area contributed by atoms with E-state index in [1.807, 2.05) is 6.92 Å². The number of halogens is 1. The van der Waals surface area contributed by atoms with E-state index in [4.69, 9.17) is 22.1 Å². The topological polar surface area (TPSA) is 73.1 Å². The van der Waals surface area contributed by atoms with Crippen molar-refractivity contribution in [2.45, 2.75) is 44.4 Å². The van der Waals surface area contributed by atoms with Gasteiger partial charge >= 0.3 is 0 Å². The Balaban J connectivity index is 1.81. The van der Waals surface area contributed by atoms with Gasteiger partial charge in [0.15, 0.2) is 5.82 Å². The Hall–Kier alpha value is -1.07. The zero-order chi connectivity index (χ0) is 12.0. The molecule has 2 bridgehead atoms. The fourth-order valence-electron chi connectivity index (χ4n) is 2.62. The molecule has 0 aromatic carbocycles. The average Bonchev–Trinajstić information content (AvgIpc) is 2.87. The van der Waals surface area contributed by atoms with E-state index in [9.17, 15) is 0 Å². The van der Waals surface area contributed by atoms with Gasteiger partial charge in [-0.15, -0.1) is 0 Å². The second-order valence-corrected chi connectivity index (χ2v) is 5.04. The number of rotatable bonds is 2. The molecular weight excluding hydrogens is 240 g/mol. The van der Waals surface area contributed by atoms with Crippen LogP contribution in [0.2, 0.25) is 5.28 Å². The molecule has 2 saturated heterocycles. The van der Waals surface area contributed by atoms with Crippen LogP contribution in [0.4, 0.5) is 11.5 Å². The fraction of sp³-hybridized carbons (Fsp3) is 0.636. The highest BCUT2D eigenvalue weighted by Crippen LogP contribution is 2.36. The molecule has 1 aromatic heterocycles. The zero-order valence-electron chi connectivity index (χ0n) is 9.61. The molecule has 2 aliphatic heterocycles. The number of aromatic nitrogens is 2. The Labute approximate surface area is 105 Å². The third-order valence-corrected chi connectivity index (χ3v) is 3.71. The van der Waals surface area contributed by atoms with Crippen molar-refractivity contribution in [2.75, 3.05) is 11.1 Å². The van der Waals surface area contributed by atoms with E-state index in [-0.39, 0.29) is 11.4 Å². The van der Waals surface area contributed by atoms with Crippen LogP contribution in [0.15, 0.2) is 0 Å².